The number of thioether (sulfide) groups is 1. The van der Waals surface area contributed by atoms with Gasteiger partial charge in [-0.25, -0.2) is 5.43 Å². The van der Waals surface area contributed by atoms with Crippen molar-refractivity contribution >= 4 is 51.4 Å². The van der Waals surface area contributed by atoms with Crippen LogP contribution < -0.4 is 5.43 Å². The third-order valence-corrected chi connectivity index (χ3v) is 6.14. The molecule has 0 aliphatic carbocycles. The summed E-state index contributed by atoms with van der Waals surface area (Å²) in [6, 6.07) is 22.0. The summed E-state index contributed by atoms with van der Waals surface area (Å²) < 4.78 is 2.67. The fourth-order valence-electron chi connectivity index (χ4n) is 2.93. The fourth-order valence-corrected chi connectivity index (χ4v) is 4.17. The van der Waals surface area contributed by atoms with Gasteiger partial charge in [-0.05, 0) is 42.5 Å². The number of halogens is 2. The molecule has 2 N–H and O–H groups in total. The number of nitrogens with one attached hydrogen (secondary N) is 1. The number of aromatic hydroxyl groups is 1. The predicted octanol–water partition coefficient (Wildman–Crippen LogP) is 5.30. The van der Waals surface area contributed by atoms with Crippen LogP contribution in [0.4, 0.5) is 0 Å². The molecular weight excluding hydrogens is 526 g/mol. The summed E-state index contributed by atoms with van der Waals surface area (Å²) in [5, 5.41) is 23.6. The molecule has 0 aliphatic rings. The SMILES string of the molecule is O=C(CSc1nnc(-c2ccccc2)n1-c1ccc(Cl)cc1)N/N=C\c1cc(Br)ccc1O. The summed E-state index contributed by atoms with van der Waals surface area (Å²) in [6.07, 6.45) is 1.38. The van der Waals surface area contributed by atoms with Gasteiger partial charge in [0, 0.05) is 26.3 Å². The molecule has 0 fully saturated rings. The van der Waals surface area contributed by atoms with Gasteiger partial charge >= 0.3 is 0 Å². The molecule has 1 heterocycles. The summed E-state index contributed by atoms with van der Waals surface area (Å²) in [6.45, 7) is 0. The van der Waals surface area contributed by atoms with Gasteiger partial charge in [0.25, 0.3) is 5.91 Å². The van der Waals surface area contributed by atoms with Gasteiger partial charge in [0.1, 0.15) is 5.75 Å². The number of nitrogens with zero attached hydrogens (tertiary/aromatic N) is 4. The zero-order chi connectivity index (χ0) is 23.2. The Morgan fingerprint density at radius 1 is 1.12 bits per heavy atom. The molecule has 33 heavy (non-hydrogen) atoms. The van der Waals surface area contributed by atoms with Crippen molar-refractivity contribution in [3.05, 3.63) is 87.9 Å². The van der Waals surface area contributed by atoms with Gasteiger partial charge in [0.15, 0.2) is 11.0 Å². The van der Waals surface area contributed by atoms with Gasteiger partial charge in [-0.3, -0.25) is 9.36 Å². The monoisotopic (exact) mass is 541 g/mol. The molecular formula is C23H17BrClN5O2S. The van der Waals surface area contributed by atoms with Crippen LogP contribution in [0, 0.1) is 0 Å². The summed E-state index contributed by atoms with van der Waals surface area (Å²) in [4.78, 5) is 12.3. The van der Waals surface area contributed by atoms with E-state index in [0.717, 1.165) is 15.7 Å². The molecule has 7 nitrogen and oxygen atoms in total. The van der Waals surface area contributed by atoms with Crippen LogP contribution in [0.2, 0.25) is 5.02 Å². The van der Waals surface area contributed by atoms with Crippen molar-refractivity contribution in [3.8, 4) is 22.8 Å². The van der Waals surface area contributed by atoms with Crippen LogP contribution >= 0.6 is 39.3 Å². The number of carbonyl (C=O) groups is 1. The first-order chi connectivity index (χ1) is 16.0. The number of benzene rings is 3. The van der Waals surface area contributed by atoms with Crippen molar-refractivity contribution in [2.24, 2.45) is 5.10 Å². The topological polar surface area (TPSA) is 92.4 Å². The van der Waals surface area contributed by atoms with Crippen molar-refractivity contribution in [1.29, 1.82) is 0 Å². The largest absolute Gasteiger partial charge is 0.507 e. The number of rotatable bonds is 7. The van der Waals surface area contributed by atoms with Crippen molar-refractivity contribution in [3.63, 3.8) is 0 Å². The molecule has 0 unspecified atom stereocenters. The predicted molar refractivity (Wildman–Crippen MR) is 134 cm³/mol. The molecule has 0 bridgehead atoms. The summed E-state index contributed by atoms with van der Waals surface area (Å²) in [7, 11) is 0. The Hall–Kier alpha value is -3.14. The third-order valence-electron chi connectivity index (χ3n) is 4.46. The van der Waals surface area contributed by atoms with E-state index in [4.69, 9.17) is 11.6 Å². The number of hydrazone groups is 1. The Kier molecular flexibility index (Phi) is 7.43. The van der Waals surface area contributed by atoms with Gasteiger partial charge in [-0.2, -0.15) is 5.10 Å². The van der Waals surface area contributed by atoms with Crippen molar-refractivity contribution in [2.45, 2.75) is 5.16 Å². The molecule has 0 aliphatic heterocycles. The maximum atomic E-state index is 12.3. The summed E-state index contributed by atoms with van der Waals surface area (Å²) in [5.41, 5.74) is 4.67. The molecule has 0 spiro atoms. The van der Waals surface area contributed by atoms with E-state index in [0.29, 0.717) is 21.6 Å². The van der Waals surface area contributed by atoms with Crippen LogP contribution in [0.1, 0.15) is 5.56 Å². The minimum atomic E-state index is -0.322. The number of phenols is 1. The van der Waals surface area contributed by atoms with Crippen molar-refractivity contribution in [1.82, 2.24) is 20.2 Å². The molecule has 10 heteroatoms. The quantitative estimate of drug-likeness (QED) is 0.188. The first-order valence-electron chi connectivity index (χ1n) is 9.71. The molecule has 0 saturated heterocycles. The zero-order valence-electron chi connectivity index (χ0n) is 17.0. The van der Waals surface area contributed by atoms with E-state index in [9.17, 15) is 9.90 Å². The van der Waals surface area contributed by atoms with Crippen LogP contribution in [0.5, 0.6) is 5.75 Å². The van der Waals surface area contributed by atoms with E-state index in [1.807, 2.05) is 47.0 Å². The van der Waals surface area contributed by atoms with Crippen LogP contribution in [0.25, 0.3) is 17.1 Å². The molecule has 4 rings (SSSR count). The Bertz CT molecular complexity index is 1300. The van der Waals surface area contributed by atoms with Crippen LogP contribution in [0.3, 0.4) is 0 Å². The van der Waals surface area contributed by atoms with Crippen LogP contribution in [0.15, 0.2) is 87.5 Å². The molecule has 4 aromatic rings. The fraction of sp³-hybridized carbons (Fsp3) is 0.0435. The second-order valence-corrected chi connectivity index (χ2v) is 9.06. The smallest absolute Gasteiger partial charge is 0.250 e. The van der Waals surface area contributed by atoms with E-state index >= 15 is 0 Å². The van der Waals surface area contributed by atoms with Gasteiger partial charge in [-0.15, -0.1) is 10.2 Å². The minimum absolute atomic E-state index is 0.0649. The highest BCUT2D eigenvalue weighted by Gasteiger charge is 2.17. The first-order valence-corrected chi connectivity index (χ1v) is 11.9. The first kappa shape index (κ1) is 23.0. The van der Waals surface area contributed by atoms with Gasteiger partial charge < -0.3 is 5.11 Å². The molecule has 0 saturated carbocycles. The van der Waals surface area contributed by atoms with E-state index in [-0.39, 0.29) is 17.4 Å². The molecule has 166 valence electrons. The lowest BCUT2D eigenvalue weighted by Gasteiger charge is -2.10. The summed E-state index contributed by atoms with van der Waals surface area (Å²) >= 11 is 10.6. The zero-order valence-corrected chi connectivity index (χ0v) is 20.2. The highest BCUT2D eigenvalue weighted by Crippen LogP contribution is 2.28. The molecule has 0 atom stereocenters. The van der Waals surface area contributed by atoms with Gasteiger partial charge in [-0.1, -0.05) is 69.6 Å². The normalized spacial score (nSPS) is 11.1. The standard InChI is InChI=1S/C23H17BrClN5O2S/c24-17-6-11-20(31)16(12-17)13-26-27-21(32)14-33-23-29-28-22(15-4-2-1-3-5-15)30(23)19-9-7-18(25)8-10-19/h1-13,31H,14H2,(H,27,32)/b26-13-. The highest BCUT2D eigenvalue weighted by atomic mass is 79.9. The Labute approximate surface area is 207 Å². The van der Waals surface area contributed by atoms with Gasteiger partial charge in [0.05, 0.1) is 12.0 Å². The van der Waals surface area contributed by atoms with Crippen LogP contribution in [-0.4, -0.2) is 37.7 Å². The minimum Gasteiger partial charge on any atom is -0.507 e. The Morgan fingerprint density at radius 2 is 1.88 bits per heavy atom. The molecule has 1 aromatic heterocycles. The maximum absolute atomic E-state index is 12.3. The molecule has 1 amide bonds. The van der Waals surface area contributed by atoms with Crippen molar-refractivity contribution in [2.75, 3.05) is 5.75 Å². The highest BCUT2D eigenvalue weighted by molar-refractivity contribution is 9.10. The number of aromatic nitrogens is 3. The summed E-state index contributed by atoms with van der Waals surface area (Å²) in [5.74, 6) is 0.471. The second kappa shape index (κ2) is 10.7. The Balaban J connectivity index is 1.50. The average Bonchev–Trinajstić information content (AvgIpc) is 3.25. The third kappa shape index (κ3) is 5.81. The van der Waals surface area contributed by atoms with Crippen LogP contribution in [-0.2, 0) is 4.79 Å². The number of amides is 1. The second-order valence-electron chi connectivity index (χ2n) is 6.77. The van der Waals surface area contributed by atoms with E-state index in [1.54, 1.807) is 24.3 Å². The number of hydrogen-bond donors (Lipinski definition) is 2. The number of phenolic OH excluding ortho intramolecular Hbond substituents is 1. The Morgan fingerprint density at radius 3 is 2.64 bits per heavy atom. The molecule has 3 aromatic carbocycles. The van der Waals surface area contributed by atoms with Crippen molar-refractivity contribution < 1.29 is 9.90 Å². The number of hydrogen-bond acceptors (Lipinski definition) is 6. The lowest BCUT2D eigenvalue weighted by Crippen LogP contribution is -2.20. The van der Waals surface area contributed by atoms with E-state index in [2.05, 4.69) is 36.7 Å². The lowest BCUT2D eigenvalue weighted by atomic mass is 10.2. The average molecular weight is 543 g/mol. The lowest BCUT2D eigenvalue weighted by molar-refractivity contribution is -0.118. The molecule has 0 radical (unpaired) electrons. The maximum Gasteiger partial charge on any atom is 0.250 e. The van der Waals surface area contributed by atoms with Gasteiger partial charge in [0.2, 0.25) is 0 Å². The van der Waals surface area contributed by atoms with E-state index in [1.165, 1.54) is 24.0 Å². The van der Waals surface area contributed by atoms with E-state index < -0.39 is 0 Å². The number of carbonyl (C=O) groups excluding carboxylic acids is 1.